The summed E-state index contributed by atoms with van der Waals surface area (Å²) in [5, 5.41) is 3.62. The predicted molar refractivity (Wildman–Crippen MR) is 78.9 cm³/mol. The first-order valence-corrected chi connectivity index (χ1v) is 7.14. The van der Waals surface area contributed by atoms with Crippen LogP contribution in [0.25, 0.3) is 0 Å². The zero-order chi connectivity index (χ0) is 15.4. The number of imidazole rings is 1. The molecule has 8 heteroatoms. The van der Waals surface area contributed by atoms with Crippen molar-refractivity contribution in [3.05, 3.63) is 28.8 Å². The fourth-order valence-electron chi connectivity index (χ4n) is 1.79. The second kappa shape index (κ2) is 6.49. The highest BCUT2D eigenvalue weighted by atomic mass is 32.1. The molecule has 0 spiro atoms. The number of nitrogens with zero attached hydrogens (tertiary/aromatic N) is 3. The van der Waals surface area contributed by atoms with E-state index in [0.29, 0.717) is 23.0 Å². The highest BCUT2D eigenvalue weighted by Crippen LogP contribution is 2.24. The normalized spacial score (nSPS) is 10.4. The molecule has 2 rings (SSSR count). The van der Waals surface area contributed by atoms with E-state index in [4.69, 9.17) is 0 Å². The Hall–Kier alpha value is -2.22. The minimum absolute atomic E-state index is 0.0643. The lowest BCUT2D eigenvalue weighted by molar-refractivity contribution is 0.0591. The molecule has 0 amide bonds. The van der Waals surface area contributed by atoms with Gasteiger partial charge < -0.3 is 14.6 Å². The number of ketones is 1. The Morgan fingerprint density at radius 3 is 2.81 bits per heavy atom. The maximum absolute atomic E-state index is 11.6. The zero-order valence-electron chi connectivity index (χ0n) is 12.0. The monoisotopic (exact) mass is 308 g/mol. The molecule has 0 aliphatic rings. The van der Waals surface area contributed by atoms with Gasteiger partial charge in [0, 0.05) is 39.3 Å². The van der Waals surface area contributed by atoms with Crippen LogP contribution in [0, 0.1) is 0 Å². The van der Waals surface area contributed by atoms with Gasteiger partial charge in [-0.25, -0.2) is 14.8 Å². The molecule has 112 valence electrons. The number of esters is 1. The summed E-state index contributed by atoms with van der Waals surface area (Å²) in [5.41, 5.74) is 0.0643. The molecule has 0 radical (unpaired) electrons. The molecule has 2 aromatic rings. The van der Waals surface area contributed by atoms with Crippen LogP contribution in [-0.4, -0.2) is 39.9 Å². The summed E-state index contributed by atoms with van der Waals surface area (Å²) in [6.07, 6.45) is 4.33. The molecule has 0 bridgehead atoms. The number of hydrogen-bond donors (Lipinski definition) is 1. The molecule has 0 saturated carbocycles. The van der Waals surface area contributed by atoms with Gasteiger partial charge in [0.2, 0.25) is 0 Å². The van der Waals surface area contributed by atoms with Gasteiger partial charge in [0.25, 0.3) is 0 Å². The van der Waals surface area contributed by atoms with Crippen LogP contribution in [-0.2, 0) is 18.2 Å². The fourth-order valence-corrected chi connectivity index (χ4v) is 2.66. The minimum atomic E-state index is -0.603. The number of carbonyl (C=O) groups is 2. The smallest absolute Gasteiger partial charge is 0.358 e. The average molecular weight is 308 g/mol. The summed E-state index contributed by atoms with van der Waals surface area (Å²) >= 11 is 1.15. The summed E-state index contributed by atoms with van der Waals surface area (Å²) in [6.45, 7) is 2.01. The van der Waals surface area contributed by atoms with Crippen LogP contribution in [0.15, 0.2) is 12.4 Å². The summed E-state index contributed by atoms with van der Waals surface area (Å²) < 4.78 is 6.57. The fraction of sp³-hybridized carbons (Fsp3) is 0.385. The number of anilines is 1. The predicted octanol–water partition coefficient (Wildman–Crippen LogP) is 1.52. The Labute approximate surface area is 126 Å². The first kappa shape index (κ1) is 15.2. The van der Waals surface area contributed by atoms with Gasteiger partial charge in [-0.05, 0) is 0 Å². The molecule has 0 saturated heterocycles. The van der Waals surface area contributed by atoms with Gasteiger partial charge >= 0.3 is 5.97 Å². The summed E-state index contributed by atoms with van der Waals surface area (Å²) in [6, 6.07) is 0. The second-order valence-electron chi connectivity index (χ2n) is 4.38. The van der Waals surface area contributed by atoms with E-state index in [0.717, 1.165) is 17.2 Å². The molecule has 0 aromatic carbocycles. The molecule has 0 aliphatic carbocycles. The Kier molecular flexibility index (Phi) is 4.69. The van der Waals surface area contributed by atoms with E-state index in [-0.39, 0.29) is 11.5 Å². The number of nitrogens with one attached hydrogen (secondary N) is 1. The van der Waals surface area contributed by atoms with Crippen molar-refractivity contribution in [2.75, 3.05) is 19.0 Å². The number of hydrogen-bond acceptors (Lipinski definition) is 7. The number of Topliss-reactive ketones (excluding diaryl/α,β-unsaturated/α-hetero) is 1. The van der Waals surface area contributed by atoms with Gasteiger partial charge in [-0.1, -0.05) is 11.3 Å². The third-order valence-electron chi connectivity index (χ3n) is 2.87. The highest BCUT2D eigenvalue weighted by molar-refractivity contribution is 7.17. The van der Waals surface area contributed by atoms with E-state index >= 15 is 0 Å². The number of ether oxygens (including phenoxy) is 1. The van der Waals surface area contributed by atoms with Gasteiger partial charge in [0.1, 0.15) is 10.7 Å². The maximum atomic E-state index is 11.6. The molecule has 7 nitrogen and oxygen atoms in total. The van der Waals surface area contributed by atoms with E-state index in [1.807, 2.05) is 17.8 Å². The van der Waals surface area contributed by atoms with Gasteiger partial charge in [-0.15, -0.1) is 0 Å². The molecule has 21 heavy (non-hydrogen) atoms. The van der Waals surface area contributed by atoms with Gasteiger partial charge in [-0.3, -0.25) is 4.79 Å². The average Bonchev–Trinajstić information content (AvgIpc) is 3.05. The Morgan fingerprint density at radius 1 is 1.48 bits per heavy atom. The molecular weight excluding hydrogens is 292 g/mol. The van der Waals surface area contributed by atoms with Crippen molar-refractivity contribution in [2.24, 2.45) is 7.05 Å². The van der Waals surface area contributed by atoms with E-state index in [1.165, 1.54) is 14.0 Å². The zero-order valence-corrected chi connectivity index (χ0v) is 12.9. The van der Waals surface area contributed by atoms with Crippen molar-refractivity contribution in [3.63, 3.8) is 0 Å². The molecule has 0 atom stereocenters. The van der Waals surface area contributed by atoms with Crippen molar-refractivity contribution in [1.82, 2.24) is 14.5 Å². The number of rotatable bonds is 6. The Morgan fingerprint density at radius 2 is 2.24 bits per heavy atom. The number of methoxy groups -OCH3 is 1. The van der Waals surface area contributed by atoms with Crippen molar-refractivity contribution < 1.29 is 14.3 Å². The summed E-state index contributed by atoms with van der Waals surface area (Å²) in [7, 11) is 3.19. The minimum Gasteiger partial charge on any atom is -0.464 e. The number of aromatic nitrogens is 3. The Bertz CT molecular complexity index is 662. The summed E-state index contributed by atoms with van der Waals surface area (Å²) in [4.78, 5) is 31.8. The third-order valence-corrected chi connectivity index (χ3v) is 3.99. The van der Waals surface area contributed by atoms with Crippen LogP contribution in [0.4, 0.5) is 5.13 Å². The number of carbonyl (C=O) groups excluding carboxylic acids is 2. The van der Waals surface area contributed by atoms with Crippen LogP contribution in [0.2, 0.25) is 0 Å². The first-order valence-electron chi connectivity index (χ1n) is 6.33. The van der Waals surface area contributed by atoms with Crippen molar-refractivity contribution >= 4 is 28.2 Å². The van der Waals surface area contributed by atoms with Crippen LogP contribution in [0.3, 0.4) is 0 Å². The van der Waals surface area contributed by atoms with E-state index in [2.05, 4.69) is 20.0 Å². The SMILES string of the molecule is COC(=O)c1nc(NCCc2nccn2C)sc1C(C)=O. The largest absolute Gasteiger partial charge is 0.464 e. The maximum Gasteiger partial charge on any atom is 0.358 e. The number of aryl methyl sites for hydroxylation is 1. The second-order valence-corrected chi connectivity index (χ2v) is 5.37. The van der Waals surface area contributed by atoms with Crippen LogP contribution in [0.1, 0.15) is 32.9 Å². The lowest BCUT2D eigenvalue weighted by Gasteiger charge is -2.02. The van der Waals surface area contributed by atoms with Crippen molar-refractivity contribution in [2.45, 2.75) is 13.3 Å². The molecule has 0 fully saturated rings. The molecular formula is C13H16N4O3S. The van der Waals surface area contributed by atoms with Gasteiger partial charge in [-0.2, -0.15) is 0 Å². The molecule has 1 N–H and O–H groups in total. The van der Waals surface area contributed by atoms with E-state index < -0.39 is 5.97 Å². The van der Waals surface area contributed by atoms with E-state index in [1.54, 1.807) is 6.20 Å². The van der Waals surface area contributed by atoms with Gasteiger partial charge in [0.15, 0.2) is 16.6 Å². The molecule has 0 aliphatic heterocycles. The standard InChI is InChI=1S/C13H16N4O3S/c1-8(18)11-10(12(19)20-3)16-13(21-11)15-5-4-9-14-6-7-17(9)2/h6-7H,4-5H2,1-3H3,(H,15,16). The molecule has 2 heterocycles. The highest BCUT2D eigenvalue weighted by Gasteiger charge is 2.21. The van der Waals surface area contributed by atoms with Crippen molar-refractivity contribution in [1.29, 1.82) is 0 Å². The van der Waals surface area contributed by atoms with Gasteiger partial charge in [0.05, 0.1) is 7.11 Å². The quantitative estimate of drug-likeness (QED) is 0.643. The third kappa shape index (κ3) is 3.46. The molecule has 2 aromatic heterocycles. The first-order chi connectivity index (χ1) is 10.0. The summed E-state index contributed by atoms with van der Waals surface area (Å²) in [5.74, 6) is 0.137. The van der Waals surface area contributed by atoms with Crippen LogP contribution in [0.5, 0.6) is 0 Å². The topological polar surface area (TPSA) is 86.1 Å². The lowest BCUT2D eigenvalue weighted by atomic mass is 10.3. The van der Waals surface area contributed by atoms with E-state index in [9.17, 15) is 9.59 Å². The Balaban J connectivity index is 2.05. The van der Waals surface area contributed by atoms with Crippen LogP contribution >= 0.6 is 11.3 Å². The number of thiazole rings is 1. The molecule has 0 unspecified atom stereocenters. The van der Waals surface area contributed by atoms with Crippen LogP contribution < -0.4 is 5.32 Å². The van der Waals surface area contributed by atoms with Crippen molar-refractivity contribution in [3.8, 4) is 0 Å². The lowest BCUT2D eigenvalue weighted by Crippen LogP contribution is -2.09.